The number of amides is 1. The molecule has 1 heterocycles. The third kappa shape index (κ3) is 10.4. The van der Waals surface area contributed by atoms with E-state index < -0.39 is 17.6 Å². The van der Waals surface area contributed by atoms with Gasteiger partial charge < -0.3 is 25.4 Å². The molecule has 1 saturated heterocycles. The van der Waals surface area contributed by atoms with Gasteiger partial charge in [-0.15, -0.1) is 0 Å². The van der Waals surface area contributed by atoms with Crippen LogP contribution >= 0.6 is 23.5 Å². The molecule has 218 valence electrons. The number of esters is 1. The zero-order chi connectivity index (χ0) is 29.1. The molecular weight excluding hydrogens is 546 g/mol. The average molecular weight is 588 g/mol. The quantitative estimate of drug-likeness (QED) is 0.292. The van der Waals surface area contributed by atoms with Crippen LogP contribution in [-0.4, -0.2) is 72.3 Å². The maximum Gasteiger partial charge on any atom is 0.368 e. The van der Waals surface area contributed by atoms with Crippen molar-refractivity contribution in [3.63, 3.8) is 0 Å². The highest BCUT2D eigenvalue weighted by atomic mass is 32.2. The number of nitrogens with one attached hydrogen (secondary N) is 3. The molecule has 40 heavy (non-hydrogen) atoms. The highest BCUT2D eigenvalue weighted by Crippen LogP contribution is 2.26. The topological polar surface area (TPSA) is 106 Å². The molecule has 0 aromatic heterocycles. The van der Waals surface area contributed by atoms with E-state index in [4.69, 9.17) is 9.47 Å². The summed E-state index contributed by atoms with van der Waals surface area (Å²) in [5, 5.41) is 9.77. The number of ether oxygens (including phenoxy) is 2. The van der Waals surface area contributed by atoms with Crippen molar-refractivity contribution in [1.82, 2.24) is 10.6 Å². The molecule has 10 heteroatoms. The van der Waals surface area contributed by atoms with Gasteiger partial charge in [0.05, 0.1) is 7.11 Å². The third-order valence-electron chi connectivity index (χ3n) is 6.38. The van der Waals surface area contributed by atoms with Gasteiger partial charge in [0.15, 0.2) is 0 Å². The van der Waals surface area contributed by atoms with Gasteiger partial charge in [0.25, 0.3) is 5.91 Å². The second-order valence-electron chi connectivity index (χ2n) is 10.8. The summed E-state index contributed by atoms with van der Waals surface area (Å²) >= 11 is 2.86. The maximum atomic E-state index is 13.3. The molecule has 0 aliphatic carbocycles. The lowest BCUT2D eigenvalue weighted by Crippen LogP contribution is -2.42. The number of hydrogen-bond acceptors (Lipinski definition) is 9. The van der Waals surface area contributed by atoms with Gasteiger partial charge in [0.2, 0.25) is 0 Å². The van der Waals surface area contributed by atoms with E-state index in [1.165, 1.54) is 18.9 Å². The van der Waals surface area contributed by atoms with Gasteiger partial charge in [0.1, 0.15) is 11.6 Å². The summed E-state index contributed by atoms with van der Waals surface area (Å²) in [4.78, 5) is 37.8. The highest BCUT2D eigenvalue weighted by molar-refractivity contribution is 8.13. The van der Waals surface area contributed by atoms with Gasteiger partial charge >= 0.3 is 11.3 Å². The Balaban J connectivity index is 1.68. The summed E-state index contributed by atoms with van der Waals surface area (Å²) in [6.45, 7) is 7.03. The first-order valence-electron chi connectivity index (χ1n) is 13.5. The molecular formula is C30H41N3O5S2. The van der Waals surface area contributed by atoms with E-state index in [1.807, 2.05) is 75.6 Å². The van der Waals surface area contributed by atoms with Crippen LogP contribution in [-0.2, 0) is 20.7 Å². The molecule has 1 aliphatic heterocycles. The van der Waals surface area contributed by atoms with Crippen molar-refractivity contribution in [3.8, 4) is 0 Å². The normalized spacial score (nSPS) is 17.6. The van der Waals surface area contributed by atoms with Gasteiger partial charge in [-0.05, 0) is 93.1 Å². The molecule has 3 atom stereocenters. The monoisotopic (exact) mass is 587 g/mol. The highest BCUT2D eigenvalue weighted by Gasteiger charge is 2.29. The molecule has 0 bridgehead atoms. The van der Waals surface area contributed by atoms with E-state index in [0.29, 0.717) is 24.9 Å². The van der Waals surface area contributed by atoms with E-state index in [0.717, 1.165) is 35.5 Å². The number of benzene rings is 2. The predicted molar refractivity (Wildman–Crippen MR) is 164 cm³/mol. The van der Waals surface area contributed by atoms with Crippen LogP contribution in [0.4, 0.5) is 10.5 Å². The van der Waals surface area contributed by atoms with E-state index >= 15 is 0 Å². The van der Waals surface area contributed by atoms with Crippen LogP contribution in [0, 0.1) is 0 Å². The number of hydrogen-bond donors (Lipinski definition) is 3. The Bertz CT molecular complexity index is 1140. The second-order valence-corrected chi connectivity index (χ2v) is 13.0. The average Bonchev–Trinajstić information content (AvgIpc) is 3.35. The van der Waals surface area contributed by atoms with Crippen LogP contribution in [0.1, 0.15) is 55.1 Å². The number of carbonyl (C=O) groups excluding carboxylic acids is 3. The summed E-state index contributed by atoms with van der Waals surface area (Å²) in [7, 11) is 1.33. The van der Waals surface area contributed by atoms with Crippen LogP contribution in [0.3, 0.4) is 0 Å². The van der Waals surface area contributed by atoms with E-state index in [9.17, 15) is 14.4 Å². The largest absolute Gasteiger partial charge is 0.467 e. The first-order valence-corrected chi connectivity index (χ1v) is 15.8. The molecule has 0 radical (unpaired) electrons. The molecule has 8 nitrogen and oxygen atoms in total. The maximum absolute atomic E-state index is 13.3. The fraction of sp³-hybridized carbons (Fsp3) is 0.500. The van der Waals surface area contributed by atoms with Gasteiger partial charge in [-0.1, -0.05) is 30.3 Å². The van der Waals surface area contributed by atoms with Crippen molar-refractivity contribution in [2.24, 2.45) is 0 Å². The number of thioether (sulfide) groups is 2. The van der Waals surface area contributed by atoms with Crippen LogP contribution < -0.4 is 16.0 Å². The smallest absolute Gasteiger partial charge is 0.368 e. The third-order valence-corrected chi connectivity index (χ3v) is 7.99. The van der Waals surface area contributed by atoms with Crippen molar-refractivity contribution in [3.05, 3.63) is 65.2 Å². The SMILES string of the molecule is COC(=O)[C@H](CCSC)NC(=O)c1ccc(NC[C@@H]2C[C@H](SC(=O)OC(C)(C)C)CN2)cc1Cc1ccccc1. The van der Waals surface area contributed by atoms with Crippen molar-refractivity contribution in [1.29, 1.82) is 0 Å². The fourth-order valence-electron chi connectivity index (χ4n) is 4.43. The zero-order valence-corrected chi connectivity index (χ0v) is 25.6. The summed E-state index contributed by atoms with van der Waals surface area (Å²) in [5.74, 6) is -0.0162. The Morgan fingerprint density at radius 1 is 1.12 bits per heavy atom. The molecule has 3 rings (SSSR count). The molecule has 1 fully saturated rings. The van der Waals surface area contributed by atoms with Gasteiger partial charge in [-0.25, -0.2) is 9.59 Å². The van der Waals surface area contributed by atoms with Crippen LogP contribution in [0.2, 0.25) is 0 Å². The molecule has 2 aromatic rings. The zero-order valence-electron chi connectivity index (χ0n) is 24.0. The minimum absolute atomic E-state index is 0.162. The molecule has 0 unspecified atom stereocenters. The minimum Gasteiger partial charge on any atom is -0.467 e. The summed E-state index contributed by atoms with van der Waals surface area (Å²) < 4.78 is 10.4. The van der Waals surface area contributed by atoms with Crippen LogP contribution in [0.5, 0.6) is 0 Å². The number of anilines is 1. The summed E-state index contributed by atoms with van der Waals surface area (Å²) in [6, 6.07) is 15.2. The lowest BCUT2D eigenvalue weighted by Gasteiger charge is -2.20. The van der Waals surface area contributed by atoms with E-state index in [2.05, 4.69) is 16.0 Å². The van der Waals surface area contributed by atoms with Crippen molar-refractivity contribution in [2.45, 2.75) is 63.0 Å². The van der Waals surface area contributed by atoms with Crippen LogP contribution in [0.25, 0.3) is 0 Å². The van der Waals surface area contributed by atoms with Crippen LogP contribution in [0.15, 0.2) is 48.5 Å². The predicted octanol–water partition coefficient (Wildman–Crippen LogP) is 5.11. The molecule has 3 N–H and O–H groups in total. The first kappa shape index (κ1) is 31.8. The Morgan fingerprint density at radius 3 is 2.55 bits per heavy atom. The summed E-state index contributed by atoms with van der Waals surface area (Å²) in [5.41, 5.74) is 2.88. The Morgan fingerprint density at radius 2 is 1.88 bits per heavy atom. The van der Waals surface area contributed by atoms with Gasteiger partial charge in [0, 0.05) is 35.6 Å². The molecule has 1 aliphatic rings. The first-order chi connectivity index (χ1) is 19.1. The lowest BCUT2D eigenvalue weighted by molar-refractivity contribution is -0.142. The molecule has 1 amide bonds. The Hall–Kier alpha value is -2.69. The van der Waals surface area contributed by atoms with E-state index in [-0.39, 0.29) is 22.5 Å². The summed E-state index contributed by atoms with van der Waals surface area (Å²) in [6.07, 6.45) is 3.87. The Labute approximate surface area is 246 Å². The Kier molecular flexibility index (Phi) is 12.2. The molecule has 2 aromatic carbocycles. The molecule has 0 spiro atoms. The van der Waals surface area contributed by atoms with Crippen molar-refractivity contribution < 1.29 is 23.9 Å². The van der Waals surface area contributed by atoms with Crippen molar-refractivity contribution in [2.75, 3.05) is 37.5 Å². The minimum atomic E-state index is -0.702. The van der Waals surface area contributed by atoms with Crippen molar-refractivity contribution >= 4 is 46.4 Å². The second kappa shape index (κ2) is 15.3. The number of carbonyl (C=O) groups is 3. The van der Waals surface area contributed by atoms with E-state index in [1.54, 1.807) is 11.8 Å². The van der Waals surface area contributed by atoms with Gasteiger partial charge in [-0.3, -0.25) is 4.79 Å². The molecule has 0 saturated carbocycles. The number of methoxy groups -OCH3 is 1. The fourth-order valence-corrected chi connectivity index (χ4v) is 5.98. The number of rotatable bonds is 12. The lowest BCUT2D eigenvalue weighted by atomic mass is 9.98. The standard InChI is InChI=1S/C30H41N3O5S2/c1-30(2,3)38-29(36)40-24-17-23(32-19-24)18-31-22-11-12-25(21(16-22)15-20-9-7-6-8-10-20)27(34)33-26(13-14-39-5)28(35)37-4/h6-12,16,23-24,26,31-32H,13-15,17-19H2,1-5H3,(H,33,34)/t23-,24-,26-/m0/s1. The van der Waals surface area contributed by atoms with Gasteiger partial charge in [-0.2, -0.15) is 11.8 Å².